The van der Waals surface area contributed by atoms with Crippen LogP contribution in [0.4, 0.5) is 11.9 Å². The van der Waals surface area contributed by atoms with E-state index in [0.717, 1.165) is 59.5 Å². The molecule has 0 spiro atoms. The minimum Gasteiger partial charge on any atom is -0.384 e. The lowest BCUT2D eigenvalue weighted by molar-refractivity contribution is 0.0732. The third-order valence-corrected chi connectivity index (χ3v) is 7.44. The second-order valence-electron chi connectivity index (χ2n) is 11.2. The number of nitrogens with one attached hydrogen (secondary N) is 1. The van der Waals surface area contributed by atoms with Crippen LogP contribution in [0, 0.1) is 6.92 Å². The average molecular weight is 518 g/mol. The molecule has 1 aliphatic heterocycles. The summed E-state index contributed by atoms with van der Waals surface area (Å²) in [7, 11) is 1.91. The van der Waals surface area contributed by atoms with E-state index in [1.54, 1.807) is 13.8 Å². The molecule has 10 nitrogen and oxygen atoms in total. The Morgan fingerprint density at radius 1 is 1.18 bits per heavy atom. The largest absolute Gasteiger partial charge is 0.384 e. The molecule has 10 heteroatoms. The Labute approximate surface area is 223 Å². The van der Waals surface area contributed by atoms with E-state index in [-0.39, 0.29) is 12.0 Å². The number of hydrogen-bond donors (Lipinski definition) is 3. The zero-order valence-corrected chi connectivity index (χ0v) is 23.2. The fourth-order valence-electron chi connectivity index (χ4n) is 5.01. The summed E-state index contributed by atoms with van der Waals surface area (Å²) >= 11 is 0. The summed E-state index contributed by atoms with van der Waals surface area (Å²) in [6.07, 6.45) is 3.75. The number of benzene rings is 1. The molecule has 3 aromatic heterocycles. The van der Waals surface area contributed by atoms with Crippen LogP contribution in [0.3, 0.4) is 0 Å². The van der Waals surface area contributed by atoms with Gasteiger partial charge in [0.2, 0.25) is 11.9 Å². The lowest BCUT2D eigenvalue weighted by Gasteiger charge is -2.30. The van der Waals surface area contributed by atoms with Gasteiger partial charge in [-0.3, -0.25) is 4.68 Å². The zero-order valence-electron chi connectivity index (χ0n) is 23.2. The summed E-state index contributed by atoms with van der Waals surface area (Å²) in [6.45, 7) is 12.1. The Balaban J connectivity index is 1.53. The van der Waals surface area contributed by atoms with Crippen molar-refractivity contribution in [2.24, 2.45) is 12.8 Å². The van der Waals surface area contributed by atoms with Crippen molar-refractivity contribution in [3.05, 3.63) is 52.8 Å². The van der Waals surface area contributed by atoms with E-state index in [1.165, 1.54) is 0 Å². The van der Waals surface area contributed by atoms with Crippen molar-refractivity contribution in [1.82, 2.24) is 29.4 Å². The van der Waals surface area contributed by atoms with E-state index < -0.39 is 5.60 Å². The molecule has 1 saturated heterocycles. The number of fused-ring (bicyclic) bond motifs is 1. The van der Waals surface area contributed by atoms with Gasteiger partial charge in [-0.1, -0.05) is 32.0 Å². The van der Waals surface area contributed by atoms with Gasteiger partial charge in [-0.2, -0.15) is 24.7 Å². The molecule has 1 aromatic carbocycles. The van der Waals surface area contributed by atoms with Crippen molar-refractivity contribution in [2.75, 3.05) is 23.3 Å². The van der Waals surface area contributed by atoms with Gasteiger partial charge in [0.1, 0.15) is 5.60 Å². The smallest absolute Gasteiger partial charge is 0.230 e. The summed E-state index contributed by atoms with van der Waals surface area (Å²) in [5, 5.41) is 23.3. The number of aliphatic hydroxyl groups is 1. The molecule has 0 radical (unpaired) electrons. The molecule has 4 aromatic rings. The number of nitrogens with zero attached hydrogens (tertiary/aromatic N) is 7. The normalized spacial score (nSPS) is 15.1. The topological polar surface area (TPSA) is 122 Å². The minimum atomic E-state index is -1.02. The van der Waals surface area contributed by atoms with Crippen LogP contribution in [0.15, 0.2) is 30.5 Å². The highest BCUT2D eigenvalue weighted by atomic mass is 16.3. The van der Waals surface area contributed by atoms with Gasteiger partial charge in [-0.25, -0.2) is 0 Å². The van der Waals surface area contributed by atoms with Crippen LogP contribution in [-0.2, 0) is 19.2 Å². The Morgan fingerprint density at radius 2 is 1.92 bits per heavy atom. The predicted molar refractivity (Wildman–Crippen MR) is 150 cm³/mol. The molecule has 0 bridgehead atoms. The summed E-state index contributed by atoms with van der Waals surface area (Å²) in [5.74, 6) is 1.65. The van der Waals surface area contributed by atoms with E-state index in [2.05, 4.69) is 59.4 Å². The molecular weight excluding hydrogens is 478 g/mol. The first-order chi connectivity index (χ1) is 18.0. The van der Waals surface area contributed by atoms with Crippen LogP contribution in [0.25, 0.3) is 16.9 Å². The monoisotopic (exact) mass is 517 g/mol. The quantitative estimate of drug-likeness (QED) is 0.339. The van der Waals surface area contributed by atoms with E-state index >= 15 is 0 Å². The van der Waals surface area contributed by atoms with Gasteiger partial charge in [0, 0.05) is 43.9 Å². The minimum absolute atomic E-state index is 0.233. The van der Waals surface area contributed by atoms with Gasteiger partial charge in [0.05, 0.1) is 17.6 Å². The van der Waals surface area contributed by atoms with Crippen LogP contribution in [0.5, 0.6) is 0 Å². The van der Waals surface area contributed by atoms with E-state index in [9.17, 15) is 5.11 Å². The summed E-state index contributed by atoms with van der Waals surface area (Å²) in [5.41, 5.74) is 12.0. The van der Waals surface area contributed by atoms with Gasteiger partial charge >= 0.3 is 0 Å². The average Bonchev–Trinajstić information content (AvgIpc) is 3.47. The molecule has 1 aliphatic rings. The number of rotatable bonds is 7. The maximum absolute atomic E-state index is 10.5. The van der Waals surface area contributed by atoms with Gasteiger partial charge in [0.25, 0.3) is 0 Å². The summed E-state index contributed by atoms with van der Waals surface area (Å²) in [6, 6.07) is 8.45. The van der Waals surface area contributed by atoms with Gasteiger partial charge in [-0.15, -0.1) is 0 Å². The predicted octanol–water partition coefficient (Wildman–Crippen LogP) is 3.72. The summed E-state index contributed by atoms with van der Waals surface area (Å²) < 4.78 is 3.64. The Morgan fingerprint density at radius 3 is 2.58 bits per heavy atom. The molecule has 4 N–H and O–H groups in total. The lowest BCUT2D eigenvalue weighted by Crippen LogP contribution is -2.40. The van der Waals surface area contributed by atoms with Crippen molar-refractivity contribution in [2.45, 2.75) is 71.6 Å². The molecule has 0 aliphatic carbocycles. The number of piperidine rings is 1. The number of aryl methyl sites for hydroxylation is 2. The van der Waals surface area contributed by atoms with Crippen molar-refractivity contribution in [1.29, 1.82) is 0 Å². The molecule has 0 amide bonds. The number of hydrogen-bond acceptors (Lipinski definition) is 8. The summed E-state index contributed by atoms with van der Waals surface area (Å²) in [4.78, 5) is 12.1. The Bertz CT molecular complexity index is 1440. The number of anilines is 2. The highest BCUT2D eigenvalue weighted by molar-refractivity contribution is 5.67. The SMILES string of the molecule is Cc1cccc(-c2cc(C(C)(C)O)nn2C)c1CNc1nc(N2CCC(N)CC2)nc2c(C(C)C)cnn12. The second-order valence-corrected chi connectivity index (χ2v) is 11.2. The Hall–Kier alpha value is -3.50. The van der Waals surface area contributed by atoms with E-state index in [1.807, 2.05) is 28.5 Å². The standard InChI is InChI=1S/C28H39N9O/c1-17(2)21-16-31-37-25(21)32-27(36-12-10-19(29)11-13-36)33-26(37)30-15-22-18(3)8-7-9-20(22)23-14-24(28(4,5)38)34-35(23)6/h7-9,14,16-17,19,38H,10-13,15,29H2,1-6H3,(H,30,32,33). The molecule has 5 rings (SSSR count). The van der Waals surface area contributed by atoms with Crippen LogP contribution in [0.1, 0.15) is 68.8 Å². The van der Waals surface area contributed by atoms with Crippen LogP contribution < -0.4 is 16.0 Å². The van der Waals surface area contributed by atoms with Gasteiger partial charge < -0.3 is 21.1 Å². The number of aromatic nitrogens is 6. The highest BCUT2D eigenvalue weighted by Crippen LogP contribution is 2.31. The first-order valence-electron chi connectivity index (χ1n) is 13.4. The first-order valence-corrected chi connectivity index (χ1v) is 13.4. The van der Waals surface area contributed by atoms with Crippen molar-refractivity contribution in [3.8, 4) is 11.3 Å². The fraction of sp³-hybridized carbons (Fsp3) is 0.500. The maximum Gasteiger partial charge on any atom is 0.230 e. The Kier molecular flexibility index (Phi) is 6.87. The highest BCUT2D eigenvalue weighted by Gasteiger charge is 2.24. The third-order valence-electron chi connectivity index (χ3n) is 7.44. The molecule has 0 atom stereocenters. The molecule has 202 valence electrons. The van der Waals surface area contributed by atoms with Crippen LogP contribution >= 0.6 is 0 Å². The van der Waals surface area contributed by atoms with Crippen LogP contribution in [0.2, 0.25) is 0 Å². The fourth-order valence-corrected chi connectivity index (χ4v) is 5.01. The van der Waals surface area contributed by atoms with Crippen molar-refractivity contribution in [3.63, 3.8) is 0 Å². The van der Waals surface area contributed by atoms with Crippen LogP contribution in [-0.4, -0.2) is 53.6 Å². The second kappa shape index (κ2) is 9.99. The molecule has 4 heterocycles. The maximum atomic E-state index is 10.5. The molecule has 1 fully saturated rings. The van der Waals surface area contributed by atoms with Gasteiger partial charge in [-0.05, 0) is 56.7 Å². The van der Waals surface area contributed by atoms with Gasteiger partial charge in [0.15, 0.2) is 5.65 Å². The zero-order chi connectivity index (χ0) is 27.2. The number of nitrogens with two attached hydrogens (primary N) is 1. The molecular formula is C28H39N9O. The van der Waals surface area contributed by atoms with E-state index in [0.29, 0.717) is 24.1 Å². The molecule has 0 unspecified atom stereocenters. The first kappa shape index (κ1) is 26.1. The van der Waals surface area contributed by atoms with Crippen molar-refractivity contribution < 1.29 is 5.11 Å². The van der Waals surface area contributed by atoms with E-state index in [4.69, 9.17) is 15.7 Å². The third kappa shape index (κ3) is 4.98. The lowest BCUT2D eigenvalue weighted by atomic mass is 9.98. The van der Waals surface area contributed by atoms with Crippen molar-refractivity contribution >= 4 is 17.5 Å². The molecule has 38 heavy (non-hydrogen) atoms. The molecule has 0 saturated carbocycles.